The molecule has 1 saturated heterocycles. The van der Waals surface area contributed by atoms with Crippen LogP contribution in [-0.4, -0.2) is 80.7 Å². The van der Waals surface area contributed by atoms with Crippen molar-refractivity contribution in [1.29, 1.82) is 0 Å². The number of carbonyl (C=O) groups excluding carboxylic acids is 2. The first-order valence-electron chi connectivity index (χ1n) is 9.45. The number of carboxylic acids is 1. The molecule has 4 rings (SSSR count). The number of aryl methyl sites for hydroxylation is 2. The Hall–Kier alpha value is -2.58. The summed E-state index contributed by atoms with van der Waals surface area (Å²) < 4.78 is 2.92. The highest BCUT2D eigenvalue weighted by molar-refractivity contribution is 8.01. The van der Waals surface area contributed by atoms with Crippen molar-refractivity contribution in [3.63, 3.8) is 0 Å². The van der Waals surface area contributed by atoms with Crippen molar-refractivity contribution >= 4 is 52.9 Å². The van der Waals surface area contributed by atoms with Crippen LogP contribution in [0.1, 0.15) is 18.7 Å². The predicted molar refractivity (Wildman–Crippen MR) is 116 cm³/mol. The van der Waals surface area contributed by atoms with E-state index in [2.05, 4.69) is 25.9 Å². The average molecular weight is 499 g/mol. The molecule has 0 unspecified atom stereocenters. The molecule has 0 radical (unpaired) electrons. The van der Waals surface area contributed by atoms with Crippen LogP contribution < -0.4 is 5.32 Å². The zero-order chi connectivity index (χ0) is 23.2. The maximum absolute atomic E-state index is 12.8. The van der Waals surface area contributed by atoms with Gasteiger partial charge in [-0.2, -0.15) is 5.10 Å². The highest BCUT2D eigenvalue weighted by atomic mass is 35.5. The number of fused-ring (bicyclic) bond motifs is 1. The number of thioether (sulfide) groups is 2. The molecule has 2 amide bonds. The van der Waals surface area contributed by atoms with E-state index in [0.717, 1.165) is 0 Å². The van der Waals surface area contributed by atoms with Gasteiger partial charge in [-0.1, -0.05) is 23.4 Å². The average Bonchev–Trinajstić information content (AvgIpc) is 3.33. The summed E-state index contributed by atoms with van der Waals surface area (Å²) in [6, 6.07) is -1.49. The Morgan fingerprint density at radius 3 is 2.81 bits per heavy atom. The van der Waals surface area contributed by atoms with Gasteiger partial charge in [0.05, 0.1) is 10.7 Å². The molecule has 2 N–H and O–H groups in total. The van der Waals surface area contributed by atoms with E-state index in [1.807, 2.05) is 0 Å². The molecule has 2 aromatic rings. The van der Waals surface area contributed by atoms with Crippen molar-refractivity contribution in [3.8, 4) is 0 Å². The smallest absolute Gasteiger partial charge is 0.352 e. The molecule has 170 valence electrons. The summed E-state index contributed by atoms with van der Waals surface area (Å²) >= 11 is 8.70. The van der Waals surface area contributed by atoms with E-state index in [9.17, 15) is 19.5 Å². The van der Waals surface area contributed by atoms with E-state index < -0.39 is 35.2 Å². The lowest BCUT2D eigenvalue weighted by Gasteiger charge is -2.49. The van der Waals surface area contributed by atoms with Crippen LogP contribution >= 0.6 is 35.1 Å². The molecular weight excluding hydrogens is 480 g/mol. The Morgan fingerprint density at radius 2 is 2.22 bits per heavy atom. The van der Waals surface area contributed by atoms with E-state index in [4.69, 9.17) is 11.6 Å². The van der Waals surface area contributed by atoms with Crippen LogP contribution in [0.25, 0.3) is 0 Å². The van der Waals surface area contributed by atoms with Crippen molar-refractivity contribution in [3.05, 3.63) is 28.2 Å². The summed E-state index contributed by atoms with van der Waals surface area (Å²) in [4.78, 5) is 38.7. The van der Waals surface area contributed by atoms with Crippen molar-refractivity contribution < 1.29 is 19.5 Å². The van der Waals surface area contributed by atoms with Crippen LogP contribution in [0.3, 0.4) is 0 Å². The molecule has 1 fully saturated rings. The number of aliphatic carboxylic acids is 1. The van der Waals surface area contributed by atoms with Gasteiger partial charge in [-0.3, -0.25) is 19.2 Å². The zero-order valence-corrected chi connectivity index (χ0v) is 19.6. The summed E-state index contributed by atoms with van der Waals surface area (Å²) in [5.41, 5.74) is 1.15. The first-order chi connectivity index (χ1) is 15.2. The van der Waals surface area contributed by atoms with E-state index in [0.29, 0.717) is 33.0 Å². The summed E-state index contributed by atoms with van der Waals surface area (Å²) in [5, 5.41) is 28.3. The van der Waals surface area contributed by atoms with Gasteiger partial charge in [0.15, 0.2) is 0 Å². The highest BCUT2D eigenvalue weighted by Crippen LogP contribution is 2.41. The van der Waals surface area contributed by atoms with Gasteiger partial charge >= 0.3 is 5.97 Å². The molecule has 0 bridgehead atoms. The molecule has 15 heteroatoms. The molecular formula is C17H19ClN8O4S2. The molecule has 0 aromatic carbocycles. The second kappa shape index (κ2) is 8.75. The maximum Gasteiger partial charge on any atom is 0.352 e. The lowest BCUT2D eigenvalue weighted by atomic mass is 10.0. The standard InChI is InChI=1S/C17H19ClN8O4S2/c1-7-10(18)4-25(21-7)8(2)13(27)19-11-14(28)26-12(16(29)30)9(5-31-15(11)26)6-32-17-20-22-23-24(17)3/h4,8,11,15H,5-6H2,1-3H3,(H,19,27)(H,29,30)/t8-,11+,15+/m1/s1. The number of aromatic nitrogens is 6. The van der Waals surface area contributed by atoms with Crippen LogP contribution in [-0.2, 0) is 21.4 Å². The summed E-state index contributed by atoms with van der Waals surface area (Å²) in [5.74, 6) is -1.32. The molecule has 12 nitrogen and oxygen atoms in total. The van der Waals surface area contributed by atoms with Gasteiger partial charge in [-0.15, -0.1) is 16.9 Å². The van der Waals surface area contributed by atoms with E-state index in [1.165, 1.54) is 37.8 Å². The number of rotatable bonds is 7. The summed E-state index contributed by atoms with van der Waals surface area (Å²) in [6.45, 7) is 3.37. The minimum atomic E-state index is -1.19. The van der Waals surface area contributed by atoms with Crippen molar-refractivity contribution in [2.45, 2.75) is 36.5 Å². The maximum atomic E-state index is 12.8. The molecule has 0 saturated carbocycles. The Labute approximate surface area is 195 Å². The third-order valence-electron chi connectivity index (χ3n) is 5.14. The number of nitrogens with zero attached hydrogens (tertiary/aromatic N) is 7. The second-order valence-electron chi connectivity index (χ2n) is 7.25. The van der Waals surface area contributed by atoms with Gasteiger partial charge in [0.25, 0.3) is 5.91 Å². The molecule has 2 aromatic heterocycles. The minimum Gasteiger partial charge on any atom is -0.477 e. The highest BCUT2D eigenvalue weighted by Gasteiger charge is 2.54. The molecule has 2 aliphatic rings. The van der Waals surface area contributed by atoms with Crippen LogP contribution in [0.2, 0.25) is 5.02 Å². The van der Waals surface area contributed by atoms with Crippen LogP contribution in [0.15, 0.2) is 22.6 Å². The molecule has 3 atom stereocenters. The SMILES string of the molecule is Cc1nn([C@H](C)C(=O)N[C@H]2C(=O)N3C(C(=O)O)=C(CSc4nnnn4C)CS[C@@H]23)cc1Cl. The van der Waals surface area contributed by atoms with Crippen molar-refractivity contribution in [2.75, 3.05) is 11.5 Å². The van der Waals surface area contributed by atoms with Gasteiger partial charge in [-0.25, -0.2) is 9.48 Å². The Kier molecular flexibility index (Phi) is 6.18. The minimum absolute atomic E-state index is 0.0468. The van der Waals surface area contributed by atoms with Crippen molar-refractivity contribution in [1.82, 2.24) is 40.2 Å². The van der Waals surface area contributed by atoms with Gasteiger partial charge < -0.3 is 10.4 Å². The third-order valence-corrected chi connectivity index (χ3v) is 7.94. The largest absolute Gasteiger partial charge is 0.477 e. The molecule has 2 aliphatic heterocycles. The molecule has 0 aliphatic carbocycles. The van der Waals surface area contributed by atoms with E-state index in [1.54, 1.807) is 27.1 Å². The number of tetrazole rings is 1. The molecule has 4 heterocycles. The van der Waals surface area contributed by atoms with Crippen LogP contribution in [0.5, 0.6) is 0 Å². The molecule has 32 heavy (non-hydrogen) atoms. The second-order valence-corrected chi connectivity index (χ2v) is 9.70. The summed E-state index contributed by atoms with van der Waals surface area (Å²) in [6.07, 6.45) is 1.55. The van der Waals surface area contributed by atoms with E-state index >= 15 is 0 Å². The number of β-lactam (4-membered cyclic amide) rings is 1. The van der Waals surface area contributed by atoms with Gasteiger partial charge in [-0.05, 0) is 29.8 Å². The number of carboxylic acid groups (broad SMARTS) is 1. The van der Waals surface area contributed by atoms with E-state index in [-0.39, 0.29) is 5.70 Å². The number of nitrogens with one attached hydrogen (secondary N) is 1. The normalized spacial score (nSPS) is 21.2. The van der Waals surface area contributed by atoms with Crippen LogP contribution in [0, 0.1) is 6.92 Å². The quantitative estimate of drug-likeness (QED) is 0.407. The molecule has 0 spiro atoms. The Morgan fingerprint density at radius 1 is 1.47 bits per heavy atom. The van der Waals surface area contributed by atoms with Gasteiger partial charge in [0.1, 0.15) is 23.2 Å². The summed E-state index contributed by atoms with van der Waals surface area (Å²) in [7, 11) is 1.69. The third kappa shape index (κ3) is 3.97. The topological polar surface area (TPSA) is 148 Å². The van der Waals surface area contributed by atoms with Crippen molar-refractivity contribution in [2.24, 2.45) is 7.05 Å². The predicted octanol–water partition coefficient (Wildman–Crippen LogP) is 0.460. The number of carbonyl (C=O) groups is 3. The first kappa shape index (κ1) is 22.6. The monoisotopic (exact) mass is 498 g/mol. The fourth-order valence-electron chi connectivity index (χ4n) is 3.34. The fraction of sp³-hybridized carbons (Fsp3) is 0.471. The number of halogens is 1. The number of hydrogen-bond acceptors (Lipinski definition) is 9. The van der Waals surface area contributed by atoms with Crippen LogP contribution in [0.4, 0.5) is 0 Å². The fourth-order valence-corrected chi connectivity index (χ4v) is 5.81. The number of amides is 2. The van der Waals surface area contributed by atoms with Gasteiger partial charge in [0, 0.05) is 24.8 Å². The number of hydrogen-bond donors (Lipinski definition) is 2. The lowest BCUT2D eigenvalue weighted by molar-refractivity contribution is -0.151. The Bertz CT molecular complexity index is 1110. The lowest BCUT2D eigenvalue weighted by Crippen LogP contribution is -2.71. The zero-order valence-electron chi connectivity index (χ0n) is 17.2. The Balaban J connectivity index is 1.46. The first-order valence-corrected chi connectivity index (χ1v) is 11.9. The van der Waals surface area contributed by atoms with Gasteiger partial charge in [0.2, 0.25) is 11.1 Å².